The van der Waals surface area contributed by atoms with Crippen LogP contribution in [0.3, 0.4) is 0 Å². The average Bonchev–Trinajstić information content (AvgIpc) is 3.37. The molecule has 0 saturated heterocycles. The monoisotopic (exact) mass is 530 g/mol. The maximum absolute atomic E-state index is 13.5. The van der Waals surface area contributed by atoms with E-state index >= 15 is 0 Å². The average molecular weight is 531 g/mol. The van der Waals surface area contributed by atoms with Gasteiger partial charge in [0.05, 0.1) is 18.4 Å². The summed E-state index contributed by atoms with van der Waals surface area (Å²) in [5.74, 6) is 0.443. The minimum atomic E-state index is -1.04. The summed E-state index contributed by atoms with van der Waals surface area (Å²) < 4.78 is 1.58. The molecule has 0 unspecified atom stereocenters. The van der Waals surface area contributed by atoms with Crippen LogP contribution in [0.25, 0.3) is 5.69 Å². The molecule has 194 valence electrons. The number of amides is 2. The van der Waals surface area contributed by atoms with E-state index in [1.54, 1.807) is 22.0 Å². The highest BCUT2D eigenvalue weighted by Crippen LogP contribution is 2.28. The van der Waals surface area contributed by atoms with Crippen LogP contribution in [0, 0.1) is 0 Å². The number of anilines is 2. The van der Waals surface area contributed by atoms with Crippen LogP contribution in [0.1, 0.15) is 21.6 Å². The third-order valence-corrected chi connectivity index (χ3v) is 6.77. The Balaban J connectivity index is 1.37. The van der Waals surface area contributed by atoms with Gasteiger partial charge >= 0.3 is 6.09 Å². The van der Waals surface area contributed by atoms with Crippen molar-refractivity contribution in [3.63, 3.8) is 0 Å². The Bertz CT molecular complexity index is 1460. The van der Waals surface area contributed by atoms with Crippen molar-refractivity contribution in [3.05, 3.63) is 83.8 Å². The quantitative estimate of drug-likeness (QED) is 0.282. The van der Waals surface area contributed by atoms with E-state index in [9.17, 15) is 14.7 Å². The Morgan fingerprint density at radius 1 is 1.08 bits per heavy atom. The van der Waals surface area contributed by atoms with Crippen molar-refractivity contribution in [2.75, 3.05) is 36.2 Å². The molecule has 2 aromatic carbocycles. The third kappa shape index (κ3) is 5.30. The van der Waals surface area contributed by atoms with Crippen LogP contribution in [0.15, 0.2) is 72.1 Å². The van der Waals surface area contributed by atoms with Gasteiger partial charge in [0.2, 0.25) is 0 Å². The highest BCUT2D eigenvalue weighted by atomic mass is 32.2. The van der Waals surface area contributed by atoms with E-state index in [4.69, 9.17) is 0 Å². The summed E-state index contributed by atoms with van der Waals surface area (Å²) in [7, 11) is 1.91. The van der Waals surface area contributed by atoms with Gasteiger partial charge < -0.3 is 14.9 Å². The van der Waals surface area contributed by atoms with Gasteiger partial charge in [-0.1, -0.05) is 53.4 Å². The summed E-state index contributed by atoms with van der Waals surface area (Å²) in [6.07, 6.45) is 4.15. The third-order valence-electron chi connectivity index (χ3n) is 6.21. The van der Waals surface area contributed by atoms with Gasteiger partial charge in [-0.15, -0.1) is 5.10 Å². The van der Waals surface area contributed by atoms with Gasteiger partial charge in [-0.2, -0.15) is 0 Å². The molecule has 2 aromatic heterocycles. The van der Waals surface area contributed by atoms with Crippen LogP contribution >= 0.6 is 11.8 Å². The molecule has 0 fully saturated rings. The van der Waals surface area contributed by atoms with Crippen molar-refractivity contribution in [1.29, 1.82) is 0 Å². The largest absolute Gasteiger partial charge is 0.465 e. The summed E-state index contributed by atoms with van der Waals surface area (Å²) >= 11 is 1.43. The lowest BCUT2D eigenvalue weighted by Gasteiger charge is -2.21. The molecule has 0 bridgehead atoms. The predicted octanol–water partition coefficient (Wildman–Crippen LogP) is 3.56. The standard InChI is InChI=1S/C26H26N8O3S/c1-31-11-12-33(24(35)22-14-27-25(38-2)28-23(22)31)20-9-6-10-21(13-20)34-17-19(29-30-34)16-32(26(36)37)15-18-7-4-3-5-8-18/h3-10,13-14,17H,11-12,15-16H2,1-2H3,(H,36,37). The van der Waals surface area contributed by atoms with E-state index in [1.165, 1.54) is 16.7 Å². The highest BCUT2D eigenvalue weighted by molar-refractivity contribution is 7.98. The Hall–Kier alpha value is -4.45. The molecule has 1 aliphatic rings. The molecule has 4 aromatic rings. The summed E-state index contributed by atoms with van der Waals surface area (Å²) in [6.45, 7) is 1.41. The maximum atomic E-state index is 13.5. The lowest BCUT2D eigenvalue weighted by atomic mass is 10.2. The number of rotatable bonds is 7. The number of carboxylic acid groups (broad SMARTS) is 1. The Morgan fingerprint density at radius 2 is 1.87 bits per heavy atom. The second kappa shape index (κ2) is 10.9. The van der Waals surface area contributed by atoms with Crippen molar-refractivity contribution in [1.82, 2.24) is 29.9 Å². The van der Waals surface area contributed by atoms with E-state index in [0.717, 1.165) is 5.56 Å². The van der Waals surface area contributed by atoms with Crippen molar-refractivity contribution in [2.45, 2.75) is 18.2 Å². The minimum absolute atomic E-state index is 0.0929. The van der Waals surface area contributed by atoms with Gasteiger partial charge in [0.15, 0.2) is 5.16 Å². The first-order chi connectivity index (χ1) is 18.4. The van der Waals surface area contributed by atoms with Gasteiger partial charge in [0.1, 0.15) is 17.1 Å². The van der Waals surface area contributed by atoms with Crippen molar-refractivity contribution in [3.8, 4) is 5.69 Å². The zero-order valence-corrected chi connectivity index (χ0v) is 21.7. The zero-order chi connectivity index (χ0) is 26.6. The van der Waals surface area contributed by atoms with Gasteiger partial charge in [0.25, 0.3) is 5.91 Å². The maximum Gasteiger partial charge on any atom is 0.407 e. The van der Waals surface area contributed by atoms with Crippen molar-refractivity contribution >= 4 is 35.3 Å². The number of benzene rings is 2. The topological polar surface area (TPSA) is 121 Å². The molecule has 0 radical (unpaired) electrons. The summed E-state index contributed by atoms with van der Waals surface area (Å²) in [4.78, 5) is 39.1. The number of fused-ring (bicyclic) bond motifs is 1. The fourth-order valence-corrected chi connectivity index (χ4v) is 4.57. The lowest BCUT2D eigenvalue weighted by Crippen LogP contribution is -2.33. The molecule has 0 aliphatic carbocycles. The molecule has 0 atom stereocenters. The van der Waals surface area contributed by atoms with Crippen molar-refractivity contribution in [2.24, 2.45) is 0 Å². The zero-order valence-electron chi connectivity index (χ0n) is 20.9. The molecular formula is C26H26N8O3S. The summed E-state index contributed by atoms with van der Waals surface area (Å²) in [6, 6.07) is 16.8. The van der Waals surface area contributed by atoms with Crippen LogP contribution in [0.5, 0.6) is 0 Å². The van der Waals surface area contributed by atoms with Crippen LogP contribution in [0.4, 0.5) is 16.3 Å². The predicted molar refractivity (Wildman–Crippen MR) is 144 cm³/mol. The Morgan fingerprint density at radius 3 is 2.63 bits per heavy atom. The molecule has 0 spiro atoms. The van der Waals surface area contributed by atoms with Crippen molar-refractivity contribution < 1.29 is 14.7 Å². The second-order valence-electron chi connectivity index (χ2n) is 8.77. The molecule has 1 aliphatic heterocycles. The van der Waals surface area contributed by atoms with Crippen LogP contribution in [-0.2, 0) is 13.1 Å². The molecule has 5 rings (SSSR count). The number of aromatic nitrogens is 5. The van der Waals surface area contributed by atoms with E-state index < -0.39 is 6.09 Å². The highest BCUT2D eigenvalue weighted by Gasteiger charge is 2.28. The lowest BCUT2D eigenvalue weighted by molar-refractivity contribution is 0.0989. The van der Waals surface area contributed by atoms with E-state index in [-0.39, 0.29) is 19.0 Å². The van der Waals surface area contributed by atoms with Gasteiger partial charge in [-0.05, 0) is 30.0 Å². The Labute approximate surface area is 223 Å². The number of thioether (sulfide) groups is 1. The number of carbonyl (C=O) groups is 2. The number of carbonyl (C=O) groups excluding carboxylic acids is 1. The van der Waals surface area contributed by atoms with Gasteiger partial charge in [-0.3, -0.25) is 9.69 Å². The molecule has 2 amide bonds. The van der Waals surface area contributed by atoms with E-state index in [2.05, 4.69) is 20.3 Å². The Kier molecular flexibility index (Phi) is 7.22. The number of hydrogen-bond donors (Lipinski definition) is 1. The fourth-order valence-electron chi connectivity index (χ4n) is 4.24. The van der Waals surface area contributed by atoms with Gasteiger partial charge in [-0.25, -0.2) is 19.4 Å². The molecule has 0 saturated carbocycles. The number of likely N-dealkylation sites (N-methyl/N-ethyl adjacent to an activating group) is 1. The molecule has 11 nitrogen and oxygen atoms in total. The molecule has 1 N–H and O–H groups in total. The van der Waals surface area contributed by atoms with Crippen LogP contribution in [0.2, 0.25) is 0 Å². The van der Waals surface area contributed by atoms with Gasteiger partial charge in [0, 0.05) is 38.6 Å². The van der Waals surface area contributed by atoms with E-state index in [0.29, 0.717) is 46.7 Å². The summed E-state index contributed by atoms with van der Waals surface area (Å²) in [5.41, 5.74) is 3.25. The van der Waals surface area contributed by atoms with E-state index in [1.807, 2.05) is 72.8 Å². The minimum Gasteiger partial charge on any atom is -0.465 e. The van der Waals surface area contributed by atoms with Crippen LogP contribution in [-0.4, -0.2) is 73.4 Å². The second-order valence-corrected chi connectivity index (χ2v) is 9.54. The molecular weight excluding hydrogens is 504 g/mol. The summed E-state index contributed by atoms with van der Waals surface area (Å²) in [5, 5.41) is 18.7. The molecule has 38 heavy (non-hydrogen) atoms. The molecule has 12 heteroatoms. The normalized spacial score (nSPS) is 13.3. The smallest absolute Gasteiger partial charge is 0.407 e. The molecule has 3 heterocycles. The number of hydrogen-bond acceptors (Lipinski definition) is 8. The first-order valence-corrected chi connectivity index (χ1v) is 13.1. The first-order valence-electron chi connectivity index (χ1n) is 11.9. The fraction of sp³-hybridized carbons (Fsp3) is 0.231. The number of nitrogens with zero attached hydrogens (tertiary/aromatic N) is 8. The first kappa shape index (κ1) is 25.2. The SMILES string of the molecule is CSc1ncc2c(n1)N(C)CCN(c1cccc(-n3cc(CN(Cc4ccccc4)C(=O)O)nn3)c1)C2=O. The van der Waals surface area contributed by atoms with Crippen LogP contribution < -0.4 is 9.80 Å².